The van der Waals surface area contributed by atoms with Gasteiger partial charge in [-0.25, -0.2) is 0 Å². The Morgan fingerprint density at radius 2 is 1.83 bits per heavy atom. The Balaban J connectivity index is 1.35. The lowest BCUT2D eigenvalue weighted by molar-refractivity contribution is -0.132. The number of amides is 2. The van der Waals surface area contributed by atoms with Crippen LogP contribution in [0.5, 0.6) is 11.5 Å². The van der Waals surface area contributed by atoms with Gasteiger partial charge in [0, 0.05) is 23.4 Å². The summed E-state index contributed by atoms with van der Waals surface area (Å²) >= 11 is 0. The topological polar surface area (TPSA) is 59.1 Å². The van der Waals surface area contributed by atoms with Crippen molar-refractivity contribution in [1.29, 1.82) is 0 Å². The number of carbonyl (C=O) groups excluding carboxylic acids is 2. The Hall–Kier alpha value is -3.28. The molecule has 0 radical (unpaired) electrons. The normalized spacial score (nSPS) is 20.2. The molecule has 3 aliphatic rings. The van der Waals surface area contributed by atoms with Crippen molar-refractivity contribution in [3.05, 3.63) is 65.7 Å². The molecule has 3 heterocycles. The molecule has 0 saturated carbocycles. The molecule has 6 heteroatoms. The fourth-order valence-electron chi connectivity index (χ4n) is 4.41. The van der Waals surface area contributed by atoms with Gasteiger partial charge in [-0.1, -0.05) is 30.8 Å². The molecule has 0 unspecified atom stereocenters. The van der Waals surface area contributed by atoms with E-state index in [1.165, 1.54) is 4.90 Å². The van der Waals surface area contributed by atoms with Crippen LogP contribution in [0.1, 0.15) is 40.4 Å². The monoisotopic (exact) mass is 390 g/mol. The Morgan fingerprint density at radius 3 is 2.62 bits per heavy atom. The van der Waals surface area contributed by atoms with Crippen LogP contribution >= 0.6 is 0 Å². The summed E-state index contributed by atoms with van der Waals surface area (Å²) in [5, 5.41) is 0. The van der Waals surface area contributed by atoms with Gasteiger partial charge in [-0.05, 0) is 36.6 Å². The molecule has 5 rings (SSSR count). The zero-order valence-corrected chi connectivity index (χ0v) is 16.1. The van der Waals surface area contributed by atoms with Crippen molar-refractivity contribution < 1.29 is 19.1 Å². The van der Waals surface area contributed by atoms with Crippen LogP contribution in [-0.4, -0.2) is 47.9 Å². The summed E-state index contributed by atoms with van der Waals surface area (Å²) in [5.41, 5.74) is 3.04. The number of fused-ring (bicyclic) bond motifs is 2. The van der Waals surface area contributed by atoms with E-state index in [0.717, 1.165) is 35.5 Å². The Labute approximate surface area is 169 Å². The number of nitrogens with zero attached hydrogens (tertiary/aromatic N) is 2. The van der Waals surface area contributed by atoms with Gasteiger partial charge in [-0.15, -0.1) is 0 Å². The number of ether oxygens (including phenoxy) is 2. The molecular formula is C23H22N2O4. The van der Waals surface area contributed by atoms with Crippen molar-refractivity contribution in [1.82, 2.24) is 9.80 Å². The minimum absolute atomic E-state index is 0.00734. The molecule has 6 nitrogen and oxygen atoms in total. The fourth-order valence-corrected chi connectivity index (χ4v) is 4.41. The second kappa shape index (κ2) is 6.95. The molecular weight excluding hydrogens is 368 g/mol. The zero-order valence-electron chi connectivity index (χ0n) is 16.1. The molecule has 0 aromatic heterocycles. The first-order chi connectivity index (χ1) is 14.1. The van der Waals surface area contributed by atoms with E-state index in [2.05, 4.69) is 6.58 Å². The lowest BCUT2D eigenvalue weighted by atomic mass is 10.0. The first-order valence-corrected chi connectivity index (χ1v) is 9.92. The van der Waals surface area contributed by atoms with Gasteiger partial charge >= 0.3 is 0 Å². The molecule has 148 valence electrons. The van der Waals surface area contributed by atoms with Crippen LogP contribution in [0.4, 0.5) is 0 Å². The standard InChI is InChI=1S/C23H22N2O4/c1-15-17-5-2-3-6-18(17)23(27)25(15)14-22(26)24-10-4-7-19(24)16-8-9-20-21(13-16)29-12-11-28-20/h2-3,5-6,8-9,13,19H,1,4,7,10-12,14H2/t19-/m1/s1. The predicted molar refractivity (Wildman–Crippen MR) is 108 cm³/mol. The van der Waals surface area contributed by atoms with E-state index in [0.29, 0.717) is 31.0 Å². The van der Waals surface area contributed by atoms with Gasteiger partial charge in [0.25, 0.3) is 5.91 Å². The molecule has 3 aliphatic heterocycles. The minimum atomic E-state index is -0.158. The highest BCUT2D eigenvalue weighted by molar-refractivity contribution is 6.10. The quantitative estimate of drug-likeness (QED) is 0.807. The SMILES string of the molecule is C=C1c2ccccc2C(=O)N1CC(=O)N1CCC[C@@H]1c1ccc2c(c1)OCCO2. The summed E-state index contributed by atoms with van der Waals surface area (Å²) in [4.78, 5) is 29.2. The van der Waals surface area contributed by atoms with Crippen LogP contribution in [0, 0.1) is 0 Å². The van der Waals surface area contributed by atoms with Crippen molar-refractivity contribution in [2.45, 2.75) is 18.9 Å². The van der Waals surface area contributed by atoms with Gasteiger partial charge in [0.05, 0.1) is 6.04 Å². The molecule has 0 spiro atoms. The van der Waals surface area contributed by atoms with Gasteiger partial charge in [0.1, 0.15) is 19.8 Å². The predicted octanol–water partition coefficient (Wildman–Crippen LogP) is 3.25. The summed E-state index contributed by atoms with van der Waals surface area (Å²) < 4.78 is 11.3. The molecule has 0 N–H and O–H groups in total. The van der Waals surface area contributed by atoms with Gasteiger partial charge in [-0.2, -0.15) is 0 Å². The Morgan fingerprint density at radius 1 is 1.07 bits per heavy atom. The average molecular weight is 390 g/mol. The van der Waals surface area contributed by atoms with Crippen LogP contribution in [0.25, 0.3) is 5.70 Å². The highest BCUT2D eigenvalue weighted by atomic mass is 16.6. The number of hydrogen-bond acceptors (Lipinski definition) is 4. The summed E-state index contributed by atoms with van der Waals surface area (Å²) in [6.45, 7) is 5.81. The van der Waals surface area contributed by atoms with Crippen LogP contribution in [-0.2, 0) is 4.79 Å². The van der Waals surface area contributed by atoms with Crippen LogP contribution in [0.3, 0.4) is 0 Å². The molecule has 1 saturated heterocycles. The van der Waals surface area contributed by atoms with Crippen molar-refractivity contribution >= 4 is 17.5 Å². The summed E-state index contributed by atoms with van der Waals surface area (Å²) in [5.74, 6) is 1.25. The van der Waals surface area contributed by atoms with Crippen LogP contribution in [0.15, 0.2) is 49.0 Å². The van der Waals surface area contributed by atoms with E-state index in [9.17, 15) is 9.59 Å². The second-order valence-corrected chi connectivity index (χ2v) is 7.53. The third kappa shape index (κ3) is 2.95. The molecule has 1 atom stereocenters. The van der Waals surface area contributed by atoms with Crippen LogP contribution in [0.2, 0.25) is 0 Å². The van der Waals surface area contributed by atoms with Crippen LogP contribution < -0.4 is 9.47 Å². The van der Waals surface area contributed by atoms with Gasteiger partial charge in [-0.3, -0.25) is 14.5 Å². The van der Waals surface area contributed by atoms with E-state index in [1.807, 2.05) is 41.3 Å². The lowest BCUT2D eigenvalue weighted by Crippen LogP contribution is -2.39. The summed E-state index contributed by atoms with van der Waals surface area (Å²) in [6, 6.07) is 13.2. The highest BCUT2D eigenvalue weighted by Gasteiger charge is 2.36. The van der Waals surface area contributed by atoms with Gasteiger partial charge in [0.15, 0.2) is 11.5 Å². The smallest absolute Gasteiger partial charge is 0.259 e. The first-order valence-electron chi connectivity index (χ1n) is 9.92. The largest absolute Gasteiger partial charge is 0.486 e. The van der Waals surface area contributed by atoms with E-state index in [4.69, 9.17) is 9.47 Å². The van der Waals surface area contributed by atoms with Crippen molar-refractivity contribution in [2.24, 2.45) is 0 Å². The van der Waals surface area contributed by atoms with Crippen molar-refractivity contribution in [2.75, 3.05) is 26.3 Å². The average Bonchev–Trinajstić information content (AvgIpc) is 3.34. The van der Waals surface area contributed by atoms with Crippen molar-refractivity contribution in [3.8, 4) is 11.5 Å². The van der Waals surface area contributed by atoms with Crippen molar-refractivity contribution in [3.63, 3.8) is 0 Å². The second-order valence-electron chi connectivity index (χ2n) is 7.53. The molecule has 0 bridgehead atoms. The maximum Gasteiger partial charge on any atom is 0.259 e. The molecule has 2 aromatic carbocycles. The molecule has 29 heavy (non-hydrogen) atoms. The third-order valence-corrected chi connectivity index (χ3v) is 5.86. The van der Waals surface area contributed by atoms with Gasteiger partial charge in [0.2, 0.25) is 5.91 Å². The summed E-state index contributed by atoms with van der Waals surface area (Å²) in [6.07, 6.45) is 1.82. The van der Waals surface area contributed by atoms with E-state index in [-0.39, 0.29) is 24.4 Å². The third-order valence-electron chi connectivity index (χ3n) is 5.86. The fraction of sp³-hybridized carbons (Fsp3) is 0.304. The maximum absolute atomic E-state index is 13.2. The van der Waals surface area contributed by atoms with Gasteiger partial charge < -0.3 is 14.4 Å². The molecule has 0 aliphatic carbocycles. The molecule has 2 aromatic rings. The Bertz CT molecular complexity index is 981. The maximum atomic E-state index is 13.2. The zero-order chi connectivity index (χ0) is 20.0. The number of rotatable bonds is 3. The number of carbonyl (C=O) groups is 2. The van der Waals surface area contributed by atoms with E-state index in [1.54, 1.807) is 6.07 Å². The minimum Gasteiger partial charge on any atom is -0.486 e. The van der Waals surface area contributed by atoms with E-state index < -0.39 is 0 Å². The number of benzene rings is 2. The first kappa shape index (κ1) is 17.8. The lowest BCUT2D eigenvalue weighted by Gasteiger charge is -2.28. The highest BCUT2D eigenvalue weighted by Crippen LogP contribution is 2.38. The Kier molecular flexibility index (Phi) is 4.27. The molecule has 1 fully saturated rings. The number of likely N-dealkylation sites (tertiary alicyclic amines) is 1. The number of hydrogen-bond donors (Lipinski definition) is 0. The van der Waals surface area contributed by atoms with E-state index >= 15 is 0 Å². The molecule has 2 amide bonds. The summed E-state index contributed by atoms with van der Waals surface area (Å²) in [7, 11) is 0.